The molecule has 0 fully saturated rings. The van der Waals surface area contributed by atoms with Crippen LogP contribution < -0.4 is 10.1 Å². The molecule has 0 amide bonds. The molecular formula is C20H22N4O. The van der Waals surface area contributed by atoms with Crippen LogP contribution in [0.1, 0.15) is 16.8 Å². The van der Waals surface area contributed by atoms with Gasteiger partial charge in [-0.25, -0.2) is 9.97 Å². The van der Waals surface area contributed by atoms with Crippen LogP contribution in [0.5, 0.6) is 5.75 Å². The van der Waals surface area contributed by atoms with Gasteiger partial charge in [0.1, 0.15) is 17.9 Å². The molecular weight excluding hydrogens is 312 g/mol. The van der Waals surface area contributed by atoms with E-state index in [2.05, 4.69) is 39.3 Å². The van der Waals surface area contributed by atoms with Gasteiger partial charge in [0.25, 0.3) is 0 Å². The minimum atomic E-state index is 0.766. The third-order valence-electron chi connectivity index (χ3n) is 4.01. The lowest BCUT2D eigenvalue weighted by atomic mass is 10.1. The van der Waals surface area contributed by atoms with Gasteiger partial charge in [-0.1, -0.05) is 17.7 Å². The summed E-state index contributed by atoms with van der Waals surface area (Å²) in [5, 5.41) is 3.36. The topological polar surface area (TPSA) is 59.9 Å². The number of aryl methyl sites for hydroxylation is 2. The fourth-order valence-electron chi connectivity index (χ4n) is 2.66. The van der Waals surface area contributed by atoms with Gasteiger partial charge in [0.05, 0.1) is 12.8 Å². The molecule has 3 rings (SSSR count). The first-order valence-electron chi connectivity index (χ1n) is 8.28. The van der Waals surface area contributed by atoms with Crippen molar-refractivity contribution in [2.24, 2.45) is 0 Å². The first-order valence-corrected chi connectivity index (χ1v) is 8.28. The summed E-state index contributed by atoms with van der Waals surface area (Å²) in [6, 6.07) is 12.2. The molecule has 0 saturated heterocycles. The smallest absolute Gasteiger partial charge is 0.129 e. The predicted octanol–water partition coefficient (Wildman–Crippen LogP) is 3.82. The summed E-state index contributed by atoms with van der Waals surface area (Å²) in [5.74, 6) is 1.72. The van der Waals surface area contributed by atoms with Crippen molar-refractivity contribution in [3.05, 3.63) is 65.7 Å². The van der Waals surface area contributed by atoms with Crippen LogP contribution in [0.25, 0.3) is 11.3 Å². The van der Waals surface area contributed by atoms with E-state index in [1.807, 2.05) is 37.4 Å². The zero-order valence-electron chi connectivity index (χ0n) is 14.8. The summed E-state index contributed by atoms with van der Waals surface area (Å²) in [4.78, 5) is 13.0. The maximum atomic E-state index is 5.43. The van der Waals surface area contributed by atoms with Crippen LogP contribution in [0.3, 0.4) is 0 Å². The lowest BCUT2D eigenvalue weighted by Gasteiger charge is -2.11. The molecule has 128 valence electrons. The van der Waals surface area contributed by atoms with Crippen LogP contribution in [0, 0.1) is 13.8 Å². The van der Waals surface area contributed by atoms with E-state index in [1.165, 1.54) is 11.1 Å². The Balaban J connectivity index is 1.67. The van der Waals surface area contributed by atoms with Crippen molar-refractivity contribution >= 4 is 5.82 Å². The van der Waals surface area contributed by atoms with Crippen molar-refractivity contribution in [1.29, 1.82) is 0 Å². The molecule has 2 aromatic heterocycles. The summed E-state index contributed by atoms with van der Waals surface area (Å²) in [7, 11) is 1.70. The molecule has 0 spiro atoms. The summed E-state index contributed by atoms with van der Waals surface area (Å²) in [5.41, 5.74) is 5.25. The van der Waals surface area contributed by atoms with E-state index in [0.717, 1.165) is 41.5 Å². The molecule has 3 aromatic rings. The molecule has 0 radical (unpaired) electrons. The van der Waals surface area contributed by atoms with Gasteiger partial charge >= 0.3 is 0 Å². The number of aromatic nitrogens is 3. The Bertz CT molecular complexity index is 847. The van der Waals surface area contributed by atoms with Crippen molar-refractivity contribution < 1.29 is 4.74 Å². The molecule has 0 unspecified atom stereocenters. The van der Waals surface area contributed by atoms with Gasteiger partial charge < -0.3 is 10.1 Å². The number of methoxy groups -OCH3 is 1. The van der Waals surface area contributed by atoms with E-state index >= 15 is 0 Å². The van der Waals surface area contributed by atoms with Crippen LogP contribution in [0.15, 0.2) is 48.9 Å². The number of ether oxygens (including phenoxy) is 1. The van der Waals surface area contributed by atoms with Crippen LogP contribution in [0.4, 0.5) is 5.82 Å². The molecule has 2 heterocycles. The summed E-state index contributed by atoms with van der Waals surface area (Å²) in [6.07, 6.45) is 4.26. The van der Waals surface area contributed by atoms with Gasteiger partial charge in [-0.2, -0.15) is 0 Å². The first kappa shape index (κ1) is 16.9. The second-order valence-electron chi connectivity index (χ2n) is 5.97. The lowest BCUT2D eigenvalue weighted by Crippen LogP contribution is -2.07. The number of nitrogens with zero attached hydrogens (tertiary/aromatic N) is 3. The van der Waals surface area contributed by atoms with Crippen LogP contribution in [-0.2, 0) is 6.42 Å². The average molecular weight is 334 g/mol. The average Bonchev–Trinajstić information content (AvgIpc) is 2.63. The lowest BCUT2D eigenvalue weighted by molar-refractivity contribution is 0.410. The number of rotatable bonds is 6. The molecule has 0 bridgehead atoms. The molecule has 0 saturated carbocycles. The van der Waals surface area contributed by atoms with Gasteiger partial charge in [-0.05, 0) is 44.0 Å². The van der Waals surface area contributed by atoms with E-state index in [-0.39, 0.29) is 0 Å². The van der Waals surface area contributed by atoms with E-state index in [9.17, 15) is 0 Å². The van der Waals surface area contributed by atoms with E-state index in [1.54, 1.807) is 13.4 Å². The molecule has 5 heteroatoms. The van der Waals surface area contributed by atoms with Crippen molar-refractivity contribution in [3.8, 4) is 17.0 Å². The summed E-state index contributed by atoms with van der Waals surface area (Å²) < 4.78 is 5.43. The number of anilines is 1. The number of pyridine rings is 1. The molecule has 1 N–H and O–H groups in total. The molecule has 0 atom stereocenters. The van der Waals surface area contributed by atoms with Crippen molar-refractivity contribution in [2.45, 2.75) is 20.3 Å². The van der Waals surface area contributed by atoms with Gasteiger partial charge in [-0.15, -0.1) is 0 Å². The largest absolute Gasteiger partial charge is 0.496 e. The number of nitrogens with one attached hydrogen (secondary N) is 1. The van der Waals surface area contributed by atoms with E-state index < -0.39 is 0 Å². The van der Waals surface area contributed by atoms with E-state index in [0.29, 0.717) is 0 Å². The molecule has 0 aliphatic rings. The summed E-state index contributed by atoms with van der Waals surface area (Å²) >= 11 is 0. The maximum absolute atomic E-state index is 5.43. The third-order valence-corrected chi connectivity index (χ3v) is 4.01. The SMILES string of the molecule is COc1ccc(C)cc1CCNc1cc(-c2ccc(C)nc2)ncn1. The number of hydrogen-bond acceptors (Lipinski definition) is 5. The first-order chi connectivity index (χ1) is 12.2. The molecule has 25 heavy (non-hydrogen) atoms. The van der Waals surface area contributed by atoms with Gasteiger partial charge in [-0.3, -0.25) is 4.98 Å². The van der Waals surface area contributed by atoms with Crippen LogP contribution in [-0.4, -0.2) is 28.6 Å². The zero-order chi connectivity index (χ0) is 17.6. The monoisotopic (exact) mass is 334 g/mol. The Morgan fingerprint density at radius 2 is 1.88 bits per heavy atom. The molecule has 1 aromatic carbocycles. The highest BCUT2D eigenvalue weighted by Crippen LogP contribution is 2.21. The molecule has 5 nitrogen and oxygen atoms in total. The van der Waals surface area contributed by atoms with Gasteiger partial charge in [0, 0.05) is 30.1 Å². The zero-order valence-corrected chi connectivity index (χ0v) is 14.8. The minimum absolute atomic E-state index is 0.766. The highest BCUT2D eigenvalue weighted by Gasteiger charge is 2.05. The van der Waals surface area contributed by atoms with Gasteiger partial charge in [0.15, 0.2) is 0 Å². The third kappa shape index (κ3) is 4.32. The Kier molecular flexibility index (Phi) is 5.23. The summed E-state index contributed by atoms with van der Waals surface area (Å²) in [6.45, 7) is 4.82. The standard InChI is InChI=1S/C20H22N4O/c1-14-4-7-19(25-3)16(10-14)8-9-21-20-11-18(23-13-24-20)17-6-5-15(2)22-12-17/h4-7,10-13H,8-9H2,1-3H3,(H,21,23,24). The van der Waals surface area contributed by atoms with Crippen molar-refractivity contribution in [1.82, 2.24) is 15.0 Å². The second kappa shape index (κ2) is 7.75. The van der Waals surface area contributed by atoms with Gasteiger partial charge in [0.2, 0.25) is 0 Å². The van der Waals surface area contributed by atoms with Crippen molar-refractivity contribution in [3.63, 3.8) is 0 Å². The highest BCUT2D eigenvalue weighted by molar-refractivity contribution is 5.61. The fraction of sp³-hybridized carbons (Fsp3) is 0.250. The molecule has 0 aliphatic carbocycles. The Labute approximate surface area is 148 Å². The number of benzene rings is 1. The van der Waals surface area contributed by atoms with Crippen LogP contribution >= 0.6 is 0 Å². The van der Waals surface area contributed by atoms with Crippen molar-refractivity contribution in [2.75, 3.05) is 19.0 Å². The molecule has 0 aliphatic heterocycles. The highest BCUT2D eigenvalue weighted by atomic mass is 16.5. The van der Waals surface area contributed by atoms with E-state index in [4.69, 9.17) is 4.74 Å². The fourth-order valence-corrected chi connectivity index (χ4v) is 2.66. The Morgan fingerprint density at radius 3 is 2.64 bits per heavy atom. The predicted molar refractivity (Wildman–Crippen MR) is 99.9 cm³/mol. The maximum Gasteiger partial charge on any atom is 0.129 e. The van der Waals surface area contributed by atoms with Crippen LogP contribution in [0.2, 0.25) is 0 Å². The Hall–Kier alpha value is -2.95. The normalized spacial score (nSPS) is 10.5. The Morgan fingerprint density at radius 1 is 1.00 bits per heavy atom. The minimum Gasteiger partial charge on any atom is -0.496 e. The quantitative estimate of drug-likeness (QED) is 0.742. The number of hydrogen-bond donors (Lipinski definition) is 1. The second-order valence-corrected chi connectivity index (χ2v) is 5.97.